The lowest BCUT2D eigenvalue weighted by molar-refractivity contribution is -0.769. The number of imidazole rings is 2. The van der Waals surface area contributed by atoms with Gasteiger partial charge in [0.25, 0.3) is 0 Å². The molecule has 52 heavy (non-hydrogen) atoms. The van der Waals surface area contributed by atoms with Crippen LogP contribution >= 0.6 is 0 Å². The number of halogens is 2. The van der Waals surface area contributed by atoms with E-state index in [1.54, 1.807) is 32.9 Å². The molecule has 0 aliphatic carbocycles. The fourth-order valence-corrected chi connectivity index (χ4v) is 7.45. The Morgan fingerprint density at radius 3 is 2.40 bits per heavy atom. The van der Waals surface area contributed by atoms with Gasteiger partial charge in [0.05, 0.1) is 45.2 Å². The van der Waals surface area contributed by atoms with Gasteiger partial charge < -0.3 is 23.9 Å². The molecule has 8 rings (SSSR count). The van der Waals surface area contributed by atoms with Crippen molar-refractivity contribution in [3.8, 4) is 34.0 Å². The number of methoxy groups -OCH3 is 2. The first-order valence-electron chi connectivity index (χ1n) is 17.6. The van der Waals surface area contributed by atoms with Gasteiger partial charge in [-0.2, -0.15) is 9.36 Å². The molecule has 2 aliphatic heterocycles. The fourth-order valence-electron chi connectivity index (χ4n) is 7.45. The highest BCUT2D eigenvalue weighted by Gasteiger charge is 2.32. The Morgan fingerprint density at radius 1 is 0.865 bits per heavy atom. The van der Waals surface area contributed by atoms with Crippen LogP contribution in [-0.2, 0) is 39.3 Å². The van der Waals surface area contributed by atoms with Gasteiger partial charge in [-0.15, -0.1) is 0 Å². The Hall–Kier alpha value is -5.40. The summed E-state index contributed by atoms with van der Waals surface area (Å²) in [5, 5.41) is 3.38. The molecular weight excluding hydrogens is 664 g/mol. The van der Waals surface area contributed by atoms with Crippen molar-refractivity contribution in [1.82, 2.24) is 39.0 Å². The molecule has 0 fully saturated rings. The van der Waals surface area contributed by atoms with Crippen LogP contribution in [0.1, 0.15) is 35.6 Å². The highest BCUT2D eigenvalue weighted by atomic mass is 19.1. The van der Waals surface area contributed by atoms with Crippen molar-refractivity contribution in [2.45, 2.75) is 58.2 Å². The Labute approximate surface area is 301 Å². The molecule has 0 saturated carbocycles. The second kappa shape index (κ2) is 14.3. The third-order valence-corrected chi connectivity index (χ3v) is 10.4. The van der Waals surface area contributed by atoms with Crippen molar-refractivity contribution < 1.29 is 22.9 Å². The fraction of sp³-hybridized carbons (Fsp3) is 0.333. The molecule has 0 amide bonds. The lowest BCUT2D eigenvalue weighted by Crippen LogP contribution is -2.48. The quantitative estimate of drug-likeness (QED) is 0.189. The first-order valence-corrected chi connectivity index (χ1v) is 17.6. The highest BCUT2D eigenvalue weighted by Crippen LogP contribution is 2.32. The van der Waals surface area contributed by atoms with Crippen molar-refractivity contribution in [2.75, 3.05) is 27.3 Å². The Kier molecular flexibility index (Phi) is 9.29. The molecule has 0 saturated heterocycles. The van der Waals surface area contributed by atoms with Gasteiger partial charge in [0.2, 0.25) is 6.33 Å². The van der Waals surface area contributed by atoms with Crippen LogP contribution in [0.25, 0.3) is 22.5 Å². The van der Waals surface area contributed by atoms with Crippen LogP contribution in [0.4, 0.5) is 8.78 Å². The average Bonchev–Trinajstić information content (AvgIpc) is 3.92. The number of fused-ring (bicyclic) bond motifs is 2. The molecule has 6 aromatic rings. The van der Waals surface area contributed by atoms with Gasteiger partial charge in [-0.1, -0.05) is 6.07 Å². The van der Waals surface area contributed by atoms with E-state index >= 15 is 4.39 Å². The second-order valence-electron chi connectivity index (χ2n) is 13.5. The zero-order valence-electron chi connectivity index (χ0n) is 29.5. The van der Waals surface area contributed by atoms with Gasteiger partial charge in [0.15, 0.2) is 0 Å². The molecule has 0 spiro atoms. The number of hydrogen-bond donors (Lipinski definition) is 1. The van der Waals surface area contributed by atoms with Crippen molar-refractivity contribution in [2.24, 2.45) is 0 Å². The van der Waals surface area contributed by atoms with Crippen LogP contribution in [0.2, 0.25) is 0 Å². The summed E-state index contributed by atoms with van der Waals surface area (Å²) in [6.45, 7) is 7.65. The first-order chi connectivity index (χ1) is 25.4. The molecule has 1 N–H and O–H groups in total. The number of aromatic nitrogens is 7. The van der Waals surface area contributed by atoms with Crippen LogP contribution < -0.4 is 19.5 Å². The minimum atomic E-state index is -0.599. The van der Waals surface area contributed by atoms with E-state index in [1.165, 1.54) is 6.07 Å². The summed E-state index contributed by atoms with van der Waals surface area (Å²) >= 11 is 0. The van der Waals surface area contributed by atoms with E-state index in [0.717, 1.165) is 90.0 Å². The van der Waals surface area contributed by atoms with Crippen LogP contribution in [0.15, 0.2) is 85.7 Å². The molecule has 0 bridgehead atoms. The van der Waals surface area contributed by atoms with E-state index in [2.05, 4.69) is 49.7 Å². The van der Waals surface area contributed by atoms with Gasteiger partial charge in [0.1, 0.15) is 41.3 Å². The number of benzene rings is 3. The number of ether oxygens (including phenoxy) is 2. The first kappa shape index (κ1) is 33.7. The average molecular weight is 707 g/mol. The van der Waals surface area contributed by atoms with Gasteiger partial charge in [-0.3, -0.25) is 4.90 Å². The zero-order valence-corrected chi connectivity index (χ0v) is 29.5. The number of rotatable bonds is 11. The molecule has 2 unspecified atom stereocenters. The summed E-state index contributed by atoms with van der Waals surface area (Å²) < 4.78 is 49.3. The lowest BCUT2D eigenvalue weighted by Gasteiger charge is -2.37. The largest absolute Gasteiger partial charge is 0.497 e. The molecule has 268 valence electrons. The summed E-state index contributed by atoms with van der Waals surface area (Å²) in [5.74, 6) is 2.03. The molecular formula is C39H42F2N9O2+. The molecule has 0 radical (unpaired) electrons. The molecule has 2 atom stereocenters. The summed E-state index contributed by atoms with van der Waals surface area (Å²) in [6, 6.07) is 17.8. The maximum absolute atomic E-state index is 15.6. The van der Waals surface area contributed by atoms with E-state index in [9.17, 15) is 4.39 Å². The summed E-state index contributed by atoms with van der Waals surface area (Å²) in [5.41, 5.74) is 5.25. The minimum Gasteiger partial charge on any atom is -0.497 e. The third-order valence-electron chi connectivity index (χ3n) is 10.4. The summed E-state index contributed by atoms with van der Waals surface area (Å²) in [7, 11) is 3.32. The topological polar surface area (TPSA) is 91.1 Å². The van der Waals surface area contributed by atoms with Crippen LogP contribution in [0.3, 0.4) is 0 Å². The SMILES string of the molecule is COc1ccc(-c2cn3c(n2)CN(C(C)C(Cn2cnc[n+]2Cc2cc(-c4cn5c(n4)CNCC5)ccc2OC)c2ccc(F)cc2F)CC3)cc1. The molecule has 5 heterocycles. The van der Waals surface area contributed by atoms with E-state index in [1.807, 2.05) is 45.8 Å². The zero-order chi connectivity index (χ0) is 35.8. The number of nitrogens with zero attached hydrogens (tertiary/aromatic N) is 8. The smallest absolute Gasteiger partial charge is 0.307 e. The molecule has 3 aromatic heterocycles. The standard InChI is InChI=1S/C39H42F2N9O2/c1-26(46-14-15-48-21-35(45-39(48)23-46)27-4-8-31(51-2)9-5-27)33(32-10-7-30(40)17-34(32)41)20-50-25-43-24-49(50)19-29-16-28(6-11-37(29)52-3)36-22-47-13-12-42-18-38(47)44-36/h4-11,16-17,21-22,24-26,33,42H,12-15,18-20,23H2,1-3H3/q+1. The van der Waals surface area contributed by atoms with Crippen LogP contribution in [0, 0.1) is 11.6 Å². The van der Waals surface area contributed by atoms with Gasteiger partial charge in [-0.05, 0) is 66.0 Å². The summed E-state index contributed by atoms with van der Waals surface area (Å²) in [4.78, 5) is 16.7. The van der Waals surface area contributed by atoms with E-state index < -0.39 is 11.6 Å². The van der Waals surface area contributed by atoms with Gasteiger partial charge >= 0.3 is 6.33 Å². The van der Waals surface area contributed by atoms with Crippen LogP contribution in [-0.4, -0.2) is 67.0 Å². The third kappa shape index (κ3) is 6.69. The van der Waals surface area contributed by atoms with Crippen molar-refractivity contribution in [3.63, 3.8) is 0 Å². The van der Waals surface area contributed by atoms with Gasteiger partial charge in [0, 0.05) is 73.3 Å². The number of nitrogens with one attached hydrogen (secondary N) is 1. The van der Waals surface area contributed by atoms with Crippen LogP contribution in [0.5, 0.6) is 11.5 Å². The van der Waals surface area contributed by atoms with Crippen molar-refractivity contribution >= 4 is 0 Å². The van der Waals surface area contributed by atoms with Crippen molar-refractivity contribution in [3.05, 3.63) is 120 Å². The maximum atomic E-state index is 15.6. The lowest BCUT2D eigenvalue weighted by atomic mass is 9.90. The number of hydrogen-bond acceptors (Lipinski definition) is 7. The normalized spacial score (nSPS) is 15.6. The summed E-state index contributed by atoms with van der Waals surface area (Å²) in [6.07, 6.45) is 7.73. The molecule has 3 aromatic carbocycles. The molecule has 13 heteroatoms. The van der Waals surface area contributed by atoms with E-state index in [4.69, 9.17) is 19.4 Å². The van der Waals surface area contributed by atoms with Crippen molar-refractivity contribution in [1.29, 1.82) is 0 Å². The highest BCUT2D eigenvalue weighted by molar-refractivity contribution is 5.62. The predicted octanol–water partition coefficient (Wildman–Crippen LogP) is 5.03. The Bertz CT molecular complexity index is 2170. The molecule has 11 nitrogen and oxygen atoms in total. The second-order valence-corrected chi connectivity index (χ2v) is 13.5. The monoisotopic (exact) mass is 706 g/mol. The van der Waals surface area contributed by atoms with E-state index in [-0.39, 0.29) is 12.0 Å². The predicted molar refractivity (Wildman–Crippen MR) is 191 cm³/mol. The Balaban J connectivity index is 1.06. The minimum absolute atomic E-state index is 0.120. The van der Waals surface area contributed by atoms with Gasteiger partial charge in [-0.25, -0.2) is 18.7 Å². The maximum Gasteiger partial charge on any atom is 0.307 e. The Morgan fingerprint density at radius 2 is 1.63 bits per heavy atom. The van der Waals surface area contributed by atoms with E-state index in [0.29, 0.717) is 25.2 Å². The molecule has 2 aliphatic rings.